The molecule has 0 saturated heterocycles. The average molecular weight is 328 g/mol. The van der Waals surface area contributed by atoms with Crippen LogP contribution < -0.4 is 4.74 Å². The van der Waals surface area contributed by atoms with Crippen molar-refractivity contribution in [3.63, 3.8) is 0 Å². The van der Waals surface area contributed by atoms with Gasteiger partial charge in [0, 0.05) is 12.5 Å². The Morgan fingerprint density at radius 2 is 1.65 bits per heavy atom. The minimum absolute atomic E-state index is 0.0176. The molecule has 0 heterocycles. The van der Waals surface area contributed by atoms with Gasteiger partial charge in [-0.1, -0.05) is 36.4 Å². The van der Waals surface area contributed by atoms with E-state index in [-0.39, 0.29) is 11.5 Å². The Bertz CT molecular complexity index is 735. The highest BCUT2D eigenvalue weighted by molar-refractivity contribution is 7.81. The lowest BCUT2D eigenvalue weighted by Crippen LogP contribution is -2.16. The highest BCUT2D eigenvalue weighted by Gasteiger charge is 2.12. The zero-order valence-electron chi connectivity index (χ0n) is 12.6. The number of Topliss-reactive ketones (excluding diaryl/α,β-unsaturated/α-hetero) is 2. The summed E-state index contributed by atoms with van der Waals surface area (Å²) in [6.07, 6.45) is 0.580. The molecule has 0 aromatic heterocycles. The zero-order valence-corrected chi connectivity index (χ0v) is 13.5. The predicted molar refractivity (Wildman–Crippen MR) is 90.2 cm³/mol. The molecule has 0 bridgehead atoms. The summed E-state index contributed by atoms with van der Waals surface area (Å²) in [6, 6.07) is 14.2. The van der Waals surface area contributed by atoms with Crippen molar-refractivity contribution in [3.8, 4) is 5.75 Å². The van der Waals surface area contributed by atoms with Gasteiger partial charge in [0.1, 0.15) is 5.75 Å². The molecular formula is C18H16O4S. The van der Waals surface area contributed by atoms with Crippen LogP contribution in [0.4, 0.5) is 0 Å². The van der Waals surface area contributed by atoms with Gasteiger partial charge in [-0.15, -0.1) is 0 Å². The maximum absolute atomic E-state index is 11.9. The molecule has 23 heavy (non-hydrogen) atoms. The molecule has 2 aromatic rings. The standard InChI is InChI=1S/C18H16O4S/c1-12(19)18(21)22-15-8-6-13(7-9-15)10-14-4-2-3-5-16(14)17(20)11-23/h2-9,23H,10-11H2,1H3. The van der Waals surface area contributed by atoms with Crippen molar-refractivity contribution in [2.45, 2.75) is 13.3 Å². The summed E-state index contributed by atoms with van der Waals surface area (Å²) in [5.74, 6) is -1.07. The third kappa shape index (κ3) is 4.53. The molecule has 2 rings (SSSR count). The SMILES string of the molecule is CC(=O)C(=O)Oc1ccc(Cc2ccccc2C(=O)CS)cc1. The summed E-state index contributed by atoms with van der Waals surface area (Å²) < 4.78 is 4.91. The van der Waals surface area contributed by atoms with E-state index in [1.807, 2.05) is 18.2 Å². The van der Waals surface area contributed by atoms with Gasteiger partial charge in [-0.2, -0.15) is 12.6 Å². The second-order valence-corrected chi connectivity index (χ2v) is 5.32. The summed E-state index contributed by atoms with van der Waals surface area (Å²) in [4.78, 5) is 34.0. The van der Waals surface area contributed by atoms with E-state index in [9.17, 15) is 14.4 Å². The van der Waals surface area contributed by atoms with Crippen LogP contribution in [0.5, 0.6) is 5.75 Å². The first-order chi connectivity index (χ1) is 11.0. The van der Waals surface area contributed by atoms with Crippen LogP contribution in [0.25, 0.3) is 0 Å². The van der Waals surface area contributed by atoms with Crippen LogP contribution in [0.2, 0.25) is 0 Å². The summed E-state index contributed by atoms with van der Waals surface area (Å²) in [6.45, 7) is 1.16. The minimum atomic E-state index is -0.887. The van der Waals surface area contributed by atoms with Gasteiger partial charge in [-0.25, -0.2) is 4.79 Å². The first-order valence-electron chi connectivity index (χ1n) is 7.05. The fourth-order valence-corrected chi connectivity index (χ4v) is 2.28. The third-order valence-corrected chi connectivity index (χ3v) is 3.56. The van der Waals surface area contributed by atoms with Gasteiger partial charge < -0.3 is 4.74 Å². The first kappa shape index (κ1) is 17.0. The summed E-state index contributed by atoms with van der Waals surface area (Å²) >= 11 is 4.04. The van der Waals surface area contributed by atoms with E-state index in [4.69, 9.17) is 4.74 Å². The second kappa shape index (κ2) is 7.74. The van der Waals surface area contributed by atoms with Crippen LogP contribution in [0.1, 0.15) is 28.4 Å². The molecule has 118 valence electrons. The summed E-state index contributed by atoms with van der Waals surface area (Å²) in [5.41, 5.74) is 2.54. The summed E-state index contributed by atoms with van der Waals surface area (Å²) in [5, 5.41) is 0. The normalized spacial score (nSPS) is 10.2. The Morgan fingerprint density at radius 1 is 1.00 bits per heavy atom. The average Bonchev–Trinajstić information content (AvgIpc) is 2.56. The van der Waals surface area contributed by atoms with Gasteiger partial charge in [-0.05, 0) is 29.7 Å². The number of thiol groups is 1. The van der Waals surface area contributed by atoms with E-state index in [0.717, 1.165) is 18.1 Å². The van der Waals surface area contributed by atoms with Gasteiger partial charge in [0.15, 0.2) is 5.78 Å². The van der Waals surface area contributed by atoms with Gasteiger partial charge in [-0.3, -0.25) is 9.59 Å². The molecule has 0 atom stereocenters. The van der Waals surface area contributed by atoms with Gasteiger partial charge in [0.2, 0.25) is 5.78 Å². The molecule has 0 aliphatic heterocycles. The molecule has 0 saturated carbocycles. The highest BCUT2D eigenvalue weighted by atomic mass is 32.1. The van der Waals surface area contributed by atoms with Crippen molar-refractivity contribution in [1.82, 2.24) is 0 Å². The van der Waals surface area contributed by atoms with Crippen LogP contribution in [0, 0.1) is 0 Å². The van der Waals surface area contributed by atoms with E-state index in [1.54, 1.807) is 30.3 Å². The maximum atomic E-state index is 11.9. The monoisotopic (exact) mass is 328 g/mol. The van der Waals surface area contributed by atoms with Crippen LogP contribution in [-0.2, 0) is 16.0 Å². The molecule has 0 spiro atoms. The topological polar surface area (TPSA) is 60.4 Å². The number of benzene rings is 2. The number of rotatable bonds is 6. The number of ether oxygens (including phenoxy) is 1. The Labute approximate surface area is 139 Å². The molecule has 5 heteroatoms. The predicted octanol–water partition coefficient (Wildman–Crippen LogP) is 2.88. The van der Waals surface area contributed by atoms with Crippen molar-refractivity contribution in [1.29, 1.82) is 0 Å². The number of hydrogen-bond acceptors (Lipinski definition) is 5. The van der Waals surface area contributed by atoms with E-state index < -0.39 is 11.8 Å². The van der Waals surface area contributed by atoms with Gasteiger partial charge >= 0.3 is 5.97 Å². The molecule has 0 aliphatic rings. The van der Waals surface area contributed by atoms with Crippen LogP contribution in [0.15, 0.2) is 48.5 Å². The summed E-state index contributed by atoms with van der Waals surface area (Å²) in [7, 11) is 0. The second-order valence-electron chi connectivity index (χ2n) is 5.00. The van der Waals surface area contributed by atoms with E-state index in [2.05, 4.69) is 12.6 Å². The van der Waals surface area contributed by atoms with Crippen molar-refractivity contribution >= 4 is 30.2 Å². The molecule has 0 unspecified atom stereocenters. The Morgan fingerprint density at radius 3 is 2.26 bits per heavy atom. The highest BCUT2D eigenvalue weighted by Crippen LogP contribution is 2.18. The largest absolute Gasteiger partial charge is 0.421 e. The fraction of sp³-hybridized carbons (Fsp3) is 0.167. The fourth-order valence-electron chi connectivity index (χ4n) is 2.11. The first-order valence-corrected chi connectivity index (χ1v) is 7.68. The maximum Gasteiger partial charge on any atom is 0.379 e. The van der Waals surface area contributed by atoms with Crippen LogP contribution in [-0.4, -0.2) is 23.3 Å². The number of esters is 1. The lowest BCUT2D eigenvalue weighted by Gasteiger charge is -2.08. The van der Waals surface area contributed by atoms with E-state index in [0.29, 0.717) is 17.7 Å². The van der Waals surface area contributed by atoms with E-state index in [1.165, 1.54) is 0 Å². The van der Waals surface area contributed by atoms with Gasteiger partial charge in [0.25, 0.3) is 0 Å². The molecule has 2 aromatic carbocycles. The lowest BCUT2D eigenvalue weighted by molar-refractivity contribution is -0.146. The van der Waals surface area contributed by atoms with Crippen molar-refractivity contribution in [2.24, 2.45) is 0 Å². The Balaban J connectivity index is 2.14. The molecule has 0 aliphatic carbocycles. The minimum Gasteiger partial charge on any atom is -0.421 e. The van der Waals surface area contributed by atoms with Crippen molar-refractivity contribution in [2.75, 3.05) is 5.75 Å². The Kier molecular flexibility index (Phi) is 5.71. The molecule has 0 N–H and O–H groups in total. The molecule has 0 amide bonds. The number of hydrogen-bond donors (Lipinski definition) is 1. The zero-order chi connectivity index (χ0) is 16.8. The van der Waals surface area contributed by atoms with Crippen molar-refractivity contribution in [3.05, 3.63) is 65.2 Å². The van der Waals surface area contributed by atoms with Crippen LogP contribution in [0.3, 0.4) is 0 Å². The molecule has 4 nitrogen and oxygen atoms in total. The number of carbonyl (C=O) groups excluding carboxylic acids is 3. The molecule has 0 fully saturated rings. The molecule has 0 radical (unpaired) electrons. The lowest BCUT2D eigenvalue weighted by atomic mass is 9.98. The number of ketones is 2. The molecular weight excluding hydrogens is 312 g/mol. The third-order valence-electron chi connectivity index (χ3n) is 3.28. The van der Waals surface area contributed by atoms with E-state index >= 15 is 0 Å². The van der Waals surface area contributed by atoms with Crippen LogP contribution >= 0.6 is 12.6 Å². The van der Waals surface area contributed by atoms with Gasteiger partial charge in [0.05, 0.1) is 5.75 Å². The Hall–Kier alpha value is -2.40. The number of carbonyl (C=O) groups is 3. The quantitative estimate of drug-likeness (QED) is 0.291. The smallest absolute Gasteiger partial charge is 0.379 e. The van der Waals surface area contributed by atoms with Crippen molar-refractivity contribution < 1.29 is 19.1 Å².